The lowest BCUT2D eigenvalue weighted by Crippen LogP contribution is -2.23. The van der Waals surface area contributed by atoms with Gasteiger partial charge in [0.05, 0.1) is 0 Å². The highest BCUT2D eigenvalue weighted by atomic mass is 79.9. The minimum absolute atomic E-state index is 0.266. The average molecular weight is 317 g/mol. The van der Waals surface area contributed by atoms with Crippen molar-refractivity contribution >= 4 is 33.7 Å². The lowest BCUT2D eigenvalue weighted by atomic mass is 10.2. The van der Waals surface area contributed by atoms with Gasteiger partial charge >= 0.3 is 6.03 Å². The van der Waals surface area contributed by atoms with Crippen molar-refractivity contribution in [1.82, 2.24) is 5.32 Å². The van der Waals surface area contributed by atoms with E-state index in [0.717, 1.165) is 15.7 Å². The highest BCUT2D eigenvalue weighted by Gasteiger charge is 1.97. The molecule has 19 heavy (non-hydrogen) atoms. The molecule has 0 aliphatic carbocycles. The van der Waals surface area contributed by atoms with E-state index in [4.69, 9.17) is 0 Å². The molecule has 2 amide bonds. The van der Waals surface area contributed by atoms with Crippen LogP contribution in [0.15, 0.2) is 65.3 Å². The van der Waals surface area contributed by atoms with Crippen LogP contribution in [0.25, 0.3) is 6.08 Å². The van der Waals surface area contributed by atoms with Gasteiger partial charge in [0, 0.05) is 16.4 Å². The number of halogens is 1. The van der Waals surface area contributed by atoms with Gasteiger partial charge in [0.25, 0.3) is 0 Å². The maximum absolute atomic E-state index is 11.6. The minimum atomic E-state index is -0.266. The molecular weight excluding hydrogens is 304 g/mol. The monoisotopic (exact) mass is 316 g/mol. The van der Waals surface area contributed by atoms with Crippen LogP contribution in [0.5, 0.6) is 0 Å². The van der Waals surface area contributed by atoms with E-state index < -0.39 is 0 Å². The van der Waals surface area contributed by atoms with E-state index in [1.807, 2.05) is 60.7 Å². The second-order valence-corrected chi connectivity index (χ2v) is 4.77. The van der Waals surface area contributed by atoms with Gasteiger partial charge in [0.1, 0.15) is 0 Å². The Balaban J connectivity index is 1.87. The first-order chi connectivity index (χ1) is 9.24. The summed E-state index contributed by atoms with van der Waals surface area (Å²) in [5.74, 6) is 0. The first-order valence-electron chi connectivity index (χ1n) is 5.79. The number of carbonyl (C=O) groups is 1. The molecule has 2 aromatic carbocycles. The third-order valence-corrected chi connectivity index (χ3v) is 2.86. The molecule has 0 spiro atoms. The first-order valence-corrected chi connectivity index (χ1v) is 6.58. The number of urea groups is 1. The number of amides is 2. The molecule has 2 rings (SSSR count). The minimum Gasteiger partial charge on any atom is -0.314 e. The van der Waals surface area contributed by atoms with Crippen molar-refractivity contribution in [2.45, 2.75) is 0 Å². The van der Waals surface area contributed by atoms with Crippen molar-refractivity contribution in [3.8, 4) is 0 Å². The normalized spacial score (nSPS) is 10.4. The predicted molar refractivity (Wildman–Crippen MR) is 81.8 cm³/mol. The third kappa shape index (κ3) is 4.60. The molecule has 0 atom stereocenters. The van der Waals surface area contributed by atoms with Gasteiger partial charge < -0.3 is 10.6 Å². The molecular formula is C15H13BrN2O. The Hall–Kier alpha value is -2.07. The third-order valence-electron chi connectivity index (χ3n) is 2.37. The van der Waals surface area contributed by atoms with Gasteiger partial charge in [-0.05, 0) is 35.9 Å². The summed E-state index contributed by atoms with van der Waals surface area (Å²) in [6.45, 7) is 0. The molecule has 0 unspecified atom stereocenters. The summed E-state index contributed by atoms with van der Waals surface area (Å²) in [6.07, 6.45) is 3.44. The van der Waals surface area contributed by atoms with Crippen LogP contribution in [-0.2, 0) is 0 Å². The quantitative estimate of drug-likeness (QED) is 0.873. The number of rotatable bonds is 3. The van der Waals surface area contributed by atoms with Crippen molar-refractivity contribution in [3.05, 3.63) is 70.8 Å². The molecule has 0 heterocycles. The Morgan fingerprint density at radius 3 is 2.58 bits per heavy atom. The molecule has 0 aliphatic rings. The fraction of sp³-hybridized carbons (Fsp3) is 0. The molecule has 0 aromatic heterocycles. The van der Waals surface area contributed by atoms with Gasteiger partial charge in [-0.1, -0.05) is 46.3 Å². The highest BCUT2D eigenvalue weighted by molar-refractivity contribution is 9.10. The standard InChI is InChI=1S/C15H13BrN2O/c16-13-6-4-5-12(11-13)9-10-17-15(19)18-14-7-2-1-3-8-14/h1-11H,(H2,17,18,19)/b10-9+. The predicted octanol–water partition coefficient (Wildman–Crippen LogP) is 4.24. The molecule has 0 bridgehead atoms. The van der Waals surface area contributed by atoms with Crippen LogP contribution in [0.1, 0.15) is 5.56 Å². The highest BCUT2D eigenvalue weighted by Crippen LogP contribution is 2.12. The molecule has 0 radical (unpaired) electrons. The average Bonchev–Trinajstić information content (AvgIpc) is 2.40. The van der Waals surface area contributed by atoms with Gasteiger partial charge in [-0.3, -0.25) is 0 Å². The molecule has 96 valence electrons. The van der Waals surface area contributed by atoms with E-state index in [9.17, 15) is 4.79 Å². The maximum atomic E-state index is 11.6. The van der Waals surface area contributed by atoms with Crippen LogP contribution in [0.3, 0.4) is 0 Å². The summed E-state index contributed by atoms with van der Waals surface area (Å²) in [7, 11) is 0. The van der Waals surface area contributed by atoms with Gasteiger partial charge in [-0.15, -0.1) is 0 Å². The summed E-state index contributed by atoms with van der Waals surface area (Å²) >= 11 is 3.39. The largest absolute Gasteiger partial charge is 0.323 e. The molecule has 0 fully saturated rings. The van der Waals surface area contributed by atoms with Crippen molar-refractivity contribution in [1.29, 1.82) is 0 Å². The topological polar surface area (TPSA) is 41.1 Å². The number of anilines is 1. The van der Waals surface area contributed by atoms with E-state index in [0.29, 0.717) is 0 Å². The number of hydrogen-bond acceptors (Lipinski definition) is 1. The van der Waals surface area contributed by atoms with Crippen LogP contribution in [-0.4, -0.2) is 6.03 Å². The SMILES string of the molecule is O=C(N/C=C/c1cccc(Br)c1)Nc1ccccc1. The molecule has 0 saturated heterocycles. The van der Waals surface area contributed by atoms with E-state index in [2.05, 4.69) is 26.6 Å². The summed E-state index contributed by atoms with van der Waals surface area (Å²) < 4.78 is 1.00. The van der Waals surface area contributed by atoms with Gasteiger partial charge in [-0.2, -0.15) is 0 Å². The summed E-state index contributed by atoms with van der Waals surface area (Å²) in [6, 6.07) is 16.8. The Kier molecular flexibility index (Phi) is 4.75. The number of carbonyl (C=O) groups excluding carboxylic acids is 1. The van der Waals surface area contributed by atoms with Crippen LogP contribution in [0.4, 0.5) is 10.5 Å². The maximum Gasteiger partial charge on any atom is 0.323 e. The van der Waals surface area contributed by atoms with Gasteiger partial charge in [0.15, 0.2) is 0 Å². The summed E-state index contributed by atoms with van der Waals surface area (Å²) in [5.41, 5.74) is 1.77. The van der Waals surface area contributed by atoms with Crippen molar-refractivity contribution in [2.24, 2.45) is 0 Å². The van der Waals surface area contributed by atoms with E-state index in [1.54, 1.807) is 6.20 Å². The van der Waals surface area contributed by atoms with Crippen LogP contribution >= 0.6 is 15.9 Å². The van der Waals surface area contributed by atoms with Crippen LogP contribution in [0, 0.1) is 0 Å². The summed E-state index contributed by atoms with van der Waals surface area (Å²) in [4.78, 5) is 11.6. The molecule has 0 aliphatic heterocycles. The number of hydrogen-bond donors (Lipinski definition) is 2. The van der Waals surface area contributed by atoms with Crippen molar-refractivity contribution in [2.75, 3.05) is 5.32 Å². The van der Waals surface area contributed by atoms with Crippen molar-refractivity contribution < 1.29 is 4.79 Å². The fourth-order valence-corrected chi connectivity index (χ4v) is 1.93. The zero-order valence-corrected chi connectivity index (χ0v) is 11.7. The molecule has 3 nitrogen and oxygen atoms in total. The summed E-state index contributed by atoms with van der Waals surface area (Å²) in [5, 5.41) is 5.38. The Morgan fingerprint density at radius 2 is 1.84 bits per heavy atom. The lowest BCUT2D eigenvalue weighted by molar-refractivity contribution is 0.255. The molecule has 4 heteroatoms. The molecule has 0 saturated carbocycles. The second kappa shape index (κ2) is 6.75. The van der Waals surface area contributed by atoms with Gasteiger partial charge in [0.2, 0.25) is 0 Å². The second-order valence-electron chi connectivity index (χ2n) is 3.85. The molecule has 2 N–H and O–H groups in total. The van der Waals surface area contributed by atoms with E-state index in [1.165, 1.54) is 0 Å². The molecule has 2 aromatic rings. The Bertz CT molecular complexity index is 582. The zero-order chi connectivity index (χ0) is 13.5. The lowest BCUT2D eigenvalue weighted by Gasteiger charge is -2.03. The smallest absolute Gasteiger partial charge is 0.314 e. The fourth-order valence-electron chi connectivity index (χ4n) is 1.51. The van der Waals surface area contributed by atoms with Gasteiger partial charge in [-0.25, -0.2) is 4.79 Å². The number of benzene rings is 2. The Morgan fingerprint density at radius 1 is 1.05 bits per heavy atom. The number of para-hydroxylation sites is 1. The van der Waals surface area contributed by atoms with E-state index in [-0.39, 0.29) is 6.03 Å². The Labute approximate surface area is 120 Å². The van der Waals surface area contributed by atoms with E-state index >= 15 is 0 Å². The number of nitrogens with one attached hydrogen (secondary N) is 2. The van der Waals surface area contributed by atoms with Crippen LogP contribution in [0.2, 0.25) is 0 Å². The van der Waals surface area contributed by atoms with Crippen LogP contribution < -0.4 is 10.6 Å². The first kappa shape index (κ1) is 13.4. The van der Waals surface area contributed by atoms with Crippen molar-refractivity contribution in [3.63, 3.8) is 0 Å². The zero-order valence-electron chi connectivity index (χ0n) is 10.1.